The fourth-order valence-corrected chi connectivity index (χ4v) is 5.20. The van der Waals surface area contributed by atoms with Crippen LogP contribution in [0.25, 0.3) is 0 Å². The Balaban J connectivity index is 4.07. The Morgan fingerprint density at radius 3 is 1.67 bits per heavy atom. The zero-order valence-corrected chi connectivity index (χ0v) is 33.4. The van der Waals surface area contributed by atoms with Crippen LogP contribution in [0.3, 0.4) is 0 Å². The minimum atomic E-state index is -1.39. The molecule has 0 saturated carbocycles. The zero-order valence-electron chi connectivity index (χ0n) is 33.4. The summed E-state index contributed by atoms with van der Waals surface area (Å²) >= 11 is 0. The minimum absolute atomic E-state index is 0.147. The lowest BCUT2D eigenvalue weighted by Crippen LogP contribution is -2.47. The van der Waals surface area contributed by atoms with Gasteiger partial charge in [0.05, 0.1) is 13.2 Å². The van der Waals surface area contributed by atoms with Crippen LogP contribution in [-0.4, -0.2) is 59.3 Å². The smallest absolute Gasteiger partial charge is 0.328 e. The molecule has 9 nitrogen and oxygen atoms in total. The normalized spacial score (nSPS) is 13.4. The summed E-state index contributed by atoms with van der Waals surface area (Å²) in [7, 11) is 0. The number of aliphatic hydroxyl groups excluding tert-OH is 1. The number of carboxylic acid groups (broad SMARTS) is 1. The first-order chi connectivity index (χ1) is 26.3. The van der Waals surface area contributed by atoms with Crippen molar-refractivity contribution < 1.29 is 34.1 Å². The summed E-state index contributed by atoms with van der Waals surface area (Å²) < 4.78 is 5.82. The highest BCUT2D eigenvalue weighted by Crippen LogP contribution is 2.14. The van der Waals surface area contributed by atoms with Crippen LogP contribution in [0.1, 0.15) is 149 Å². The van der Waals surface area contributed by atoms with Gasteiger partial charge in [-0.05, 0) is 89.5 Å². The second kappa shape index (κ2) is 38.7. The molecule has 0 saturated heterocycles. The summed E-state index contributed by atoms with van der Waals surface area (Å²) in [4.78, 5) is 47.3. The van der Waals surface area contributed by atoms with E-state index < -0.39 is 24.5 Å². The number of carboxylic acids is 1. The number of aliphatic carboxylic acids is 1. The van der Waals surface area contributed by atoms with E-state index in [0.29, 0.717) is 12.8 Å². The molecule has 0 spiro atoms. The van der Waals surface area contributed by atoms with E-state index in [0.717, 1.165) is 116 Å². The molecule has 0 heterocycles. The molecule has 4 N–H and O–H groups in total. The highest BCUT2D eigenvalue weighted by atomic mass is 16.5. The average Bonchev–Trinajstić information content (AvgIpc) is 3.16. The second-order valence-electron chi connectivity index (χ2n) is 13.3. The molecule has 0 bridgehead atoms. The Labute approximate surface area is 326 Å². The van der Waals surface area contributed by atoms with Crippen molar-refractivity contribution in [3.63, 3.8) is 0 Å². The zero-order chi connectivity index (χ0) is 39.7. The van der Waals surface area contributed by atoms with Gasteiger partial charge in [-0.25, -0.2) is 4.79 Å². The van der Waals surface area contributed by atoms with Gasteiger partial charge in [0.25, 0.3) is 0 Å². The summed E-state index contributed by atoms with van der Waals surface area (Å²) in [6.45, 7) is 3.23. The number of rotatable bonds is 35. The van der Waals surface area contributed by atoms with Gasteiger partial charge in [-0.3, -0.25) is 14.4 Å². The maximum Gasteiger partial charge on any atom is 0.328 e. The van der Waals surface area contributed by atoms with E-state index in [9.17, 15) is 19.2 Å². The quantitative estimate of drug-likeness (QED) is 0.0287. The molecular weight excluding hydrogens is 681 g/mol. The van der Waals surface area contributed by atoms with Gasteiger partial charge < -0.3 is 25.6 Å². The van der Waals surface area contributed by atoms with Crippen LogP contribution < -0.4 is 10.6 Å². The van der Waals surface area contributed by atoms with Crippen LogP contribution in [0.15, 0.2) is 85.1 Å². The fraction of sp³-hybridized carbons (Fsp3) is 0.600. The van der Waals surface area contributed by atoms with Crippen molar-refractivity contribution in [2.24, 2.45) is 0 Å². The number of hydrogen-bond donors (Lipinski definition) is 4. The van der Waals surface area contributed by atoms with E-state index >= 15 is 0 Å². The highest BCUT2D eigenvalue weighted by molar-refractivity contribution is 5.87. The molecule has 304 valence electrons. The van der Waals surface area contributed by atoms with E-state index in [1.54, 1.807) is 0 Å². The first-order valence-corrected chi connectivity index (χ1v) is 20.5. The molecule has 0 rings (SSSR count). The Kier molecular flexibility index (Phi) is 35.9. The van der Waals surface area contributed by atoms with Gasteiger partial charge in [0.15, 0.2) is 0 Å². The van der Waals surface area contributed by atoms with Gasteiger partial charge in [-0.1, -0.05) is 131 Å². The molecule has 0 aromatic heterocycles. The monoisotopic (exact) mass is 753 g/mol. The Bertz CT molecular complexity index is 1180. The van der Waals surface area contributed by atoms with Crippen molar-refractivity contribution in [1.29, 1.82) is 0 Å². The lowest BCUT2D eigenvalue weighted by atomic mass is 10.1. The number of unbranched alkanes of at least 4 members (excludes halogenated alkanes) is 9. The van der Waals surface area contributed by atoms with Gasteiger partial charge >= 0.3 is 11.9 Å². The fourth-order valence-electron chi connectivity index (χ4n) is 5.20. The van der Waals surface area contributed by atoms with E-state index in [-0.39, 0.29) is 30.9 Å². The van der Waals surface area contributed by atoms with Crippen molar-refractivity contribution in [2.75, 3.05) is 13.2 Å². The third-order valence-electron chi connectivity index (χ3n) is 8.36. The van der Waals surface area contributed by atoms with Crippen LogP contribution in [0.2, 0.25) is 0 Å². The number of aliphatic hydroxyl groups is 1. The highest BCUT2D eigenvalue weighted by Gasteiger charge is 2.18. The lowest BCUT2D eigenvalue weighted by Gasteiger charge is -2.15. The van der Waals surface area contributed by atoms with Crippen molar-refractivity contribution >= 4 is 23.8 Å². The summed E-state index contributed by atoms with van der Waals surface area (Å²) in [5, 5.41) is 22.4. The number of nitrogens with one attached hydrogen (secondary N) is 2. The summed E-state index contributed by atoms with van der Waals surface area (Å²) in [5.74, 6) is -2.45. The molecule has 0 aromatic carbocycles. The van der Waals surface area contributed by atoms with Crippen molar-refractivity contribution in [3.8, 4) is 0 Å². The second-order valence-corrected chi connectivity index (χ2v) is 13.3. The van der Waals surface area contributed by atoms with Crippen LogP contribution >= 0.6 is 0 Å². The van der Waals surface area contributed by atoms with E-state index in [4.69, 9.17) is 14.9 Å². The molecule has 0 aliphatic heterocycles. The molecule has 0 radical (unpaired) electrons. The number of amides is 2. The number of ether oxygens (including phenoxy) is 1. The predicted octanol–water partition coefficient (Wildman–Crippen LogP) is 9.70. The number of esters is 1. The van der Waals surface area contributed by atoms with Crippen LogP contribution in [-0.2, 0) is 23.9 Å². The maximum absolute atomic E-state index is 12.6. The molecule has 2 amide bonds. The molecule has 2 unspecified atom stereocenters. The first-order valence-electron chi connectivity index (χ1n) is 20.5. The van der Waals surface area contributed by atoms with Crippen LogP contribution in [0.5, 0.6) is 0 Å². The summed E-state index contributed by atoms with van der Waals surface area (Å²) in [6.07, 6.45) is 49.4. The average molecular weight is 753 g/mol. The van der Waals surface area contributed by atoms with Crippen LogP contribution in [0, 0.1) is 0 Å². The van der Waals surface area contributed by atoms with Gasteiger partial charge in [0, 0.05) is 12.8 Å². The Morgan fingerprint density at radius 2 is 1.11 bits per heavy atom. The van der Waals surface area contributed by atoms with Gasteiger partial charge in [0.1, 0.15) is 12.1 Å². The predicted molar refractivity (Wildman–Crippen MR) is 222 cm³/mol. The molecule has 2 atom stereocenters. The number of carbonyl (C=O) groups excluding carboxylic acids is 3. The molecule has 0 aromatic rings. The minimum Gasteiger partial charge on any atom is -0.480 e. The molecule has 0 aliphatic rings. The molecule has 0 fully saturated rings. The van der Waals surface area contributed by atoms with Gasteiger partial charge in [0.2, 0.25) is 11.8 Å². The largest absolute Gasteiger partial charge is 0.480 e. The summed E-state index contributed by atoms with van der Waals surface area (Å²) in [6, 6.07) is -1.39. The number of hydrogen-bond acceptors (Lipinski definition) is 6. The van der Waals surface area contributed by atoms with E-state index in [1.165, 1.54) is 0 Å². The molecule has 0 aliphatic carbocycles. The van der Waals surface area contributed by atoms with E-state index in [1.807, 2.05) is 6.08 Å². The molecule has 54 heavy (non-hydrogen) atoms. The van der Waals surface area contributed by atoms with Crippen molar-refractivity contribution in [1.82, 2.24) is 10.6 Å². The topological polar surface area (TPSA) is 142 Å². The number of allylic oxidation sites excluding steroid dienone is 13. The van der Waals surface area contributed by atoms with Gasteiger partial charge in [-0.2, -0.15) is 0 Å². The van der Waals surface area contributed by atoms with Crippen molar-refractivity contribution in [3.05, 3.63) is 85.1 Å². The Morgan fingerprint density at radius 1 is 0.593 bits per heavy atom. The third-order valence-corrected chi connectivity index (χ3v) is 8.36. The standard InChI is InChI=1S/C45H72N2O7/c1-3-5-7-9-10-11-12-13-14-15-16-17-18-19-20-21-22-23-24-25-26-27-33-37-44(51)54-40(34-30-8-6-4-2)35-31-28-29-32-36-42(49)46-38-43(50)47-41(39-48)45(52)53/h5,7,10-11,13-14,16-17,19-20,22-23,30,34,40-41,48H,3-4,6,8-9,12,15,18,21,24-29,31-33,35-39H2,1-2H3,(H,46,49)(H,47,50)(H,52,53)/b7-5-,11-10-,14-13-,17-16-,20-19-,23-22-,34-30-. The van der Waals surface area contributed by atoms with Crippen LogP contribution in [0.4, 0.5) is 0 Å². The third kappa shape index (κ3) is 35.1. The molecular formula is C45H72N2O7. The Hall–Kier alpha value is -3.98. The van der Waals surface area contributed by atoms with Gasteiger partial charge in [-0.15, -0.1) is 0 Å². The van der Waals surface area contributed by atoms with E-state index in [2.05, 4.69) is 103 Å². The first kappa shape index (κ1) is 50.0. The van der Waals surface area contributed by atoms with Crippen molar-refractivity contribution in [2.45, 2.75) is 161 Å². The molecule has 9 heteroatoms. The maximum atomic E-state index is 12.6. The SMILES string of the molecule is CC/C=C\C/C=C\C/C=C\C/C=C\C/C=C\C/C=C\CCCCCCC(=O)OC(/C=C\CCCC)CCCCCCC(=O)NCC(=O)NC(CO)C(=O)O. The number of carbonyl (C=O) groups is 4. The summed E-state index contributed by atoms with van der Waals surface area (Å²) in [5.41, 5.74) is 0. The lowest BCUT2D eigenvalue weighted by molar-refractivity contribution is -0.147.